The van der Waals surface area contributed by atoms with Crippen molar-refractivity contribution in [2.24, 2.45) is 11.7 Å². The number of sulfonamides is 1. The van der Waals surface area contributed by atoms with E-state index in [0.29, 0.717) is 23.8 Å². The van der Waals surface area contributed by atoms with Crippen molar-refractivity contribution in [3.63, 3.8) is 0 Å². The molecule has 0 aromatic carbocycles. The molecule has 8 heteroatoms. The molecule has 0 radical (unpaired) electrons. The van der Waals surface area contributed by atoms with E-state index in [9.17, 15) is 8.42 Å². The third kappa shape index (κ3) is 3.19. The van der Waals surface area contributed by atoms with Gasteiger partial charge in [-0.2, -0.15) is 4.72 Å². The minimum Gasteiger partial charge on any atom is -0.392 e. The van der Waals surface area contributed by atoms with Crippen LogP contribution in [0.2, 0.25) is 0 Å². The monoisotopic (exact) mass is 333 g/mol. The number of hydrogen-bond acceptors (Lipinski definition) is 5. The first-order chi connectivity index (χ1) is 9.25. The van der Waals surface area contributed by atoms with Crippen molar-refractivity contribution in [3.8, 4) is 0 Å². The van der Waals surface area contributed by atoms with Gasteiger partial charge < -0.3 is 5.73 Å². The average Bonchev–Trinajstić information content (AvgIpc) is 2.79. The Morgan fingerprint density at radius 2 is 2.15 bits per heavy atom. The number of nitrogens with one attached hydrogen (secondary N) is 1. The molecule has 1 aromatic rings. The van der Waals surface area contributed by atoms with Crippen LogP contribution in [-0.2, 0) is 10.0 Å². The third-order valence-corrected chi connectivity index (χ3v) is 7.10. The zero-order valence-electron chi connectivity index (χ0n) is 11.5. The predicted octanol–water partition coefficient (Wildman–Crippen LogP) is 1.96. The van der Waals surface area contributed by atoms with Gasteiger partial charge in [-0.3, -0.25) is 0 Å². The Balaban J connectivity index is 2.27. The summed E-state index contributed by atoms with van der Waals surface area (Å²) in [5.74, 6) is 0.577. The molecule has 0 saturated heterocycles. The van der Waals surface area contributed by atoms with Crippen molar-refractivity contribution in [2.45, 2.75) is 49.3 Å². The van der Waals surface area contributed by atoms with Crippen molar-refractivity contribution in [3.05, 3.63) is 11.2 Å². The van der Waals surface area contributed by atoms with Crippen LogP contribution in [0.25, 0.3) is 0 Å². The molecule has 0 aliphatic heterocycles. The highest BCUT2D eigenvalue weighted by molar-refractivity contribution is 7.91. The molecule has 1 fully saturated rings. The van der Waals surface area contributed by atoms with E-state index < -0.39 is 15.6 Å². The summed E-state index contributed by atoms with van der Waals surface area (Å²) in [6.07, 6.45) is 4.52. The van der Waals surface area contributed by atoms with Crippen molar-refractivity contribution >= 4 is 38.6 Å². The maximum absolute atomic E-state index is 12.4. The number of thiazole rings is 1. The number of aryl methyl sites for hydroxylation is 1. The van der Waals surface area contributed by atoms with Crippen LogP contribution in [0, 0.1) is 12.8 Å². The van der Waals surface area contributed by atoms with Gasteiger partial charge in [-0.15, -0.1) is 11.3 Å². The fourth-order valence-electron chi connectivity index (χ4n) is 2.43. The lowest BCUT2D eigenvalue weighted by Gasteiger charge is -2.38. The van der Waals surface area contributed by atoms with Gasteiger partial charge in [0.05, 0.1) is 21.7 Å². The molecule has 112 valence electrons. The van der Waals surface area contributed by atoms with Crippen LogP contribution in [0.15, 0.2) is 10.4 Å². The van der Waals surface area contributed by atoms with Gasteiger partial charge in [0.25, 0.3) is 10.0 Å². The molecule has 5 nitrogen and oxygen atoms in total. The minimum absolute atomic E-state index is 0.212. The molecular formula is C12H19N3O2S3. The van der Waals surface area contributed by atoms with Crippen LogP contribution in [0.1, 0.15) is 37.6 Å². The summed E-state index contributed by atoms with van der Waals surface area (Å²) in [4.78, 5) is 4.22. The van der Waals surface area contributed by atoms with Crippen molar-refractivity contribution in [1.29, 1.82) is 0 Å². The lowest BCUT2D eigenvalue weighted by atomic mass is 9.78. The van der Waals surface area contributed by atoms with E-state index in [1.807, 2.05) is 0 Å². The van der Waals surface area contributed by atoms with Gasteiger partial charge in [-0.05, 0) is 38.5 Å². The van der Waals surface area contributed by atoms with Gasteiger partial charge in [0.1, 0.15) is 0 Å². The molecule has 1 aromatic heterocycles. The lowest BCUT2D eigenvalue weighted by Crippen LogP contribution is -2.58. The number of hydrogen-bond donors (Lipinski definition) is 2. The number of rotatable bonds is 4. The van der Waals surface area contributed by atoms with Gasteiger partial charge in [0, 0.05) is 0 Å². The molecule has 1 aliphatic carbocycles. The fourth-order valence-corrected chi connectivity index (χ4v) is 5.30. The van der Waals surface area contributed by atoms with Gasteiger partial charge >= 0.3 is 0 Å². The van der Waals surface area contributed by atoms with E-state index in [1.165, 1.54) is 6.20 Å². The van der Waals surface area contributed by atoms with Crippen LogP contribution in [-0.4, -0.2) is 23.9 Å². The normalized spacial score (nSPS) is 27.4. The van der Waals surface area contributed by atoms with Crippen molar-refractivity contribution < 1.29 is 8.42 Å². The lowest BCUT2D eigenvalue weighted by molar-refractivity contribution is 0.289. The maximum atomic E-state index is 12.4. The quantitative estimate of drug-likeness (QED) is 0.823. The molecule has 0 spiro atoms. The van der Waals surface area contributed by atoms with Crippen LogP contribution >= 0.6 is 23.6 Å². The largest absolute Gasteiger partial charge is 0.392 e. The first kappa shape index (κ1) is 15.8. The Bertz CT molecular complexity index is 601. The van der Waals surface area contributed by atoms with E-state index in [4.69, 9.17) is 18.0 Å². The standard InChI is InChI=1S/C12H19N3O2S3/c1-8-3-5-12(6-4-8,11(13)18)15-20(16,17)10-7-14-9(2)19-10/h7-8,15H,3-6H2,1-2H3,(H2,13,18). The Labute approximate surface area is 129 Å². The molecule has 1 aliphatic rings. The van der Waals surface area contributed by atoms with E-state index in [2.05, 4.69) is 16.6 Å². The highest BCUT2D eigenvalue weighted by Crippen LogP contribution is 2.34. The molecule has 3 N–H and O–H groups in total. The second-order valence-electron chi connectivity index (χ2n) is 5.43. The highest BCUT2D eigenvalue weighted by atomic mass is 32.2. The summed E-state index contributed by atoms with van der Waals surface area (Å²) in [6, 6.07) is 0. The summed E-state index contributed by atoms with van der Waals surface area (Å²) in [6.45, 7) is 3.93. The van der Waals surface area contributed by atoms with Gasteiger partial charge in [-0.1, -0.05) is 19.1 Å². The first-order valence-electron chi connectivity index (χ1n) is 6.51. The third-order valence-electron chi connectivity index (χ3n) is 3.79. The Kier molecular flexibility index (Phi) is 4.48. The topological polar surface area (TPSA) is 85.1 Å². The van der Waals surface area contributed by atoms with Crippen LogP contribution in [0.5, 0.6) is 0 Å². The van der Waals surface area contributed by atoms with Crippen molar-refractivity contribution in [1.82, 2.24) is 9.71 Å². The molecule has 0 bridgehead atoms. The molecule has 0 unspecified atom stereocenters. The van der Waals surface area contributed by atoms with E-state index in [0.717, 1.165) is 24.2 Å². The van der Waals surface area contributed by atoms with E-state index >= 15 is 0 Å². The fraction of sp³-hybridized carbons (Fsp3) is 0.667. The van der Waals surface area contributed by atoms with Gasteiger partial charge in [0.15, 0.2) is 4.21 Å². The zero-order chi connectivity index (χ0) is 15.0. The first-order valence-corrected chi connectivity index (χ1v) is 9.22. The maximum Gasteiger partial charge on any atom is 0.252 e. The van der Waals surface area contributed by atoms with E-state index in [1.54, 1.807) is 6.92 Å². The zero-order valence-corrected chi connectivity index (χ0v) is 14.0. The summed E-state index contributed by atoms with van der Waals surface area (Å²) in [7, 11) is -3.62. The van der Waals surface area contributed by atoms with Gasteiger partial charge in [-0.25, -0.2) is 13.4 Å². The summed E-state index contributed by atoms with van der Waals surface area (Å²) >= 11 is 6.28. The molecule has 1 saturated carbocycles. The van der Waals surface area contributed by atoms with Crippen LogP contribution in [0.4, 0.5) is 0 Å². The molecular weight excluding hydrogens is 314 g/mol. The molecule has 0 atom stereocenters. The van der Waals surface area contributed by atoms with Crippen LogP contribution < -0.4 is 10.5 Å². The molecule has 0 amide bonds. The second-order valence-corrected chi connectivity index (χ2v) is 9.02. The molecule has 2 rings (SSSR count). The summed E-state index contributed by atoms with van der Waals surface area (Å²) in [5.41, 5.74) is 5.04. The minimum atomic E-state index is -3.62. The van der Waals surface area contributed by atoms with Gasteiger partial charge in [0.2, 0.25) is 0 Å². The highest BCUT2D eigenvalue weighted by Gasteiger charge is 2.41. The Hall–Kier alpha value is -0.570. The van der Waals surface area contributed by atoms with Crippen LogP contribution in [0.3, 0.4) is 0 Å². The van der Waals surface area contributed by atoms with Crippen molar-refractivity contribution in [2.75, 3.05) is 0 Å². The Morgan fingerprint density at radius 1 is 1.55 bits per heavy atom. The number of aromatic nitrogens is 1. The Morgan fingerprint density at radius 3 is 2.60 bits per heavy atom. The predicted molar refractivity (Wildman–Crippen MR) is 84.3 cm³/mol. The second kappa shape index (κ2) is 5.67. The number of thiocarbonyl (C=S) groups is 1. The SMILES string of the molecule is Cc1ncc(S(=O)(=O)NC2(C(N)=S)CCC(C)CC2)s1. The summed E-state index contributed by atoms with van der Waals surface area (Å²) < 4.78 is 27.8. The smallest absolute Gasteiger partial charge is 0.252 e. The molecule has 20 heavy (non-hydrogen) atoms. The summed E-state index contributed by atoms with van der Waals surface area (Å²) in [5, 5.41) is 0.715. The number of nitrogens with zero attached hydrogens (tertiary/aromatic N) is 1. The average molecular weight is 334 g/mol. The molecule has 1 heterocycles. The van der Waals surface area contributed by atoms with E-state index in [-0.39, 0.29) is 9.20 Å². The number of nitrogens with two attached hydrogens (primary N) is 1.